The number of nitrogens with two attached hydrogens (primary N) is 1. The van der Waals surface area contributed by atoms with E-state index in [0.717, 1.165) is 17.8 Å². The summed E-state index contributed by atoms with van der Waals surface area (Å²) in [5, 5.41) is 27.3. The molecule has 12 heteroatoms. The molecule has 0 atom stereocenters. The van der Waals surface area contributed by atoms with Gasteiger partial charge in [-0.1, -0.05) is 0 Å². The SMILES string of the molecule is NS(=O)(=O)c1ccc(NC(=O)c2ccc(SCC(=O)O)c([N+](=O)[O-])c2)cc1. The van der Waals surface area contributed by atoms with Gasteiger partial charge in [-0.25, -0.2) is 13.6 Å². The summed E-state index contributed by atoms with van der Waals surface area (Å²) in [4.78, 5) is 33.4. The molecular weight excluding hydrogens is 398 g/mol. The molecule has 0 spiro atoms. The third-order valence-corrected chi connectivity index (χ3v) is 5.19. The molecule has 0 aliphatic heterocycles. The van der Waals surface area contributed by atoms with Gasteiger partial charge >= 0.3 is 5.97 Å². The number of nitro groups is 1. The van der Waals surface area contributed by atoms with Gasteiger partial charge in [-0.2, -0.15) is 0 Å². The van der Waals surface area contributed by atoms with Crippen molar-refractivity contribution < 1.29 is 28.0 Å². The number of benzene rings is 2. The maximum absolute atomic E-state index is 12.3. The van der Waals surface area contributed by atoms with Crippen LogP contribution in [0.15, 0.2) is 52.3 Å². The van der Waals surface area contributed by atoms with Gasteiger partial charge in [0.15, 0.2) is 0 Å². The molecule has 27 heavy (non-hydrogen) atoms. The largest absolute Gasteiger partial charge is 0.481 e. The number of nitro benzene ring substituents is 1. The van der Waals surface area contributed by atoms with Crippen LogP contribution in [0.2, 0.25) is 0 Å². The first-order valence-corrected chi connectivity index (χ1v) is 9.68. The molecule has 2 aromatic carbocycles. The minimum absolute atomic E-state index is 0.0168. The van der Waals surface area contributed by atoms with Crippen LogP contribution < -0.4 is 10.5 Å². The van der Waals surface area contributed by atoms with Crippen LogP contribution in [0, 0.1) is 10.1 Å². The average molecular weight is 411 g/mol. The first kappa shape index (κ1) is 20.4. The number of hydrogen-bond donors (Lipinski definition) is 3. The number of nitrogens with one attached hydrogen (secondary N) is 1. The lowest BCUT2D eigenvalue weighted by Crippen LogP contribution is -2.14. The maximum atomic E-state index is 12.3. The summed E-state index contributed by atoms with van der Waals surface area (Å²) in [6.07, 6.45) is 0. The maximum Gasteiger partial charge on any atom is 0.313 e. The number of carboxylic acids is 1. The first-order valence-electron chi connectivity index (χ1n) is 7.15. The highest BCUT2D eigenvalue weighted by Gasteiger charge is 2.19. The third kappa shape index (κ3) is 5.51. The number of sulfonamides is 1. The highest BCUT2D eigenvalue weighted by atomic mass is 32.2. The lowest BCUT2D eigenvalue weighted by Gasteiger charge is -2.07. The van der Waals surface area contributed by atoms with Gasteiger partial charge in [0.1, 0.15) is 0 Å². The summed E-state index contributed by atoms with van der Waals surface area (Å²) in [6.45, 7) is 0. The third-order valence-electron chi connectivity index (χ3n) is 3.21. The van der Waals surface area contributed by atoms with Crippen LogP contribution in [0.25, 0.3) is 0 Å². The minimum Gasteiger partial charge on any atom is -0.481 e. The molecule has 0 unspecified atom stereocenters. The van der Waals surface area contributed by atoms with Crippen LogP contribution in [0.4, 0.5) is 11.4 Å². The number of thioether (sulfide) groups is 1. The molecule has 142 valence electrons. The second kappa shape index (κ2) is 8.16. The van der Waals surface area contributed by atoms with Gasteiger partial charge in [0.25, 0.3) is 11.6 Å². The molecule has 4 N–H and O–H groups in total. The summed E-state index contributed by atoms with van der Waals surface area (Å²) in [6, 6.07) is 8.72. The fourth-order valence-electron chi connectivity index (χ4n) is 1.99. The fourth-order valence-corrected chi connectivity index (χ4v) is 3.23. The van der Waals surface area contributed by atoms with Crippen molar-refractivity contribution in [2.45, 2.75) is 9.79 Å². The molecular formula is C15H13N3O7S2. The molecule has 0 saturated carbocycles. The Hall–Kier alpha value is -2.96. The van der Waals surface area contributed by atoms with Gasteiger partial charge in [-0.05, 0) is 36.4 Å². The van der Waals surface area contributed by atoms with Gasteiger partial charge in [0.05, 0.1) is 20.5 Å². The Morgan fingerprint density at radius 1 is 1.19 bits per heavy atom. The van der Waals surface area contributed by atoms with Crippen LogP contribution in [-0.2, 0) is 14.8 Å². The number of carbonyl (C=O) groups excluding carboxylic acids is 1. The number of carbonyl (C=O) groups is 2. The van der Waals surface area contributed by atoms with Crippen molar-refractivity contribution in [3.63, 3.8) is 0 Å². The minimum atomic E-state index is -3.86. The number of hydrogen-bond acceptors (Lipinski definition) is 7. The molecule has 0 aliphatic rings. The second-order valence-electron chi connectivity index (χ2n) is 5.15. The van der Waals surface area contributed by atoms with Gasteiger partial charge < -0.3 is 10.4 Å². The van der Waals surface area contributed by atoms with Gasteiger partial charge in [0.2, 0.25) is 10.0 Å². The van der Waals surface area contributed by atoms with Crippen molar-refractivity contribution in [3.05, 3.63) is 58.1 Å². The van der Waals surface area contributed by atoms with Crippen molar-refractivity contribution in [1.29, 1.82) is 0 Å². The molecule has 0 aliphatic carbocycles. The van der Waals surface area contributed by atoms with Crippen molar-refractivity contribution in [2.24, 2.45) is 5.14 Å². The van der Waals surface area contributed by atoms with Crippen LogP contribution >= 0.6 is 11.8 Å². The van der Waals surface area contributed by atoms with E-state index in [1.54, 1.807) is 0 Å². The predicted molar refractivity (Wildman–Crippen MR) is 97.2 cm³/mol. The summed E-state index contributed by atoms with van der Waals surface area (Å²) < 4.78 is 22.4. The van der Waals surface area contributed by atoms with Crippen molar-refractivity contribution >= 4 is 45.0 Å². The number of rotatable bonds is 7. The van der Waals surface area contributed by atoms with Crippen LogP contribution in [-0.4, -0.2) is 36.1 Å². The van der Waals surface area contributed by atoms with Gasteiger partial charge in [0, 0.05) is 17.3 Å². The van der Waals surface area contributed by atoms with Gasteiger partial charge in [-0.3, -0.25) is 19.7 Å². The standard InChI is InChI=1S/C15H13N3O7S2/c16-27(24,25)11-4-2-10(3-5-11)17-15(21)9-1-6-13(26-8-14(19)20)12(7-9)18(22)23/h1-7H,8H2,(H,17,21)(H,19,20)(H2,16,24,25). The van der Waals surface area contributed by atoms with E-state index >= 15 is 0 Å². The van der Waals surface area contributed by atoms with E-state index in [4.69, 9.17) is 10.2 Å². The monoisotopic (exact) mass is 411 g/mol. The van der Waals surface area contributed by atoms with Gasteiger partial charge in [-0.15, -0.1) is 11.8 Å². The highest BCUT2D eigenvalue weighted by molar-refractivity contribution is 8.00. The number of carboxylic acid groups (broad SMARTS) is 1. The molecule has 2 aromatic rings. The van der Waals surface area contributed by atoms with Crippen molar-refractivity contribution in [1.82, 2.24) is 0 Å². The Kier molecular flexibility index (Phi) is 6.15. The van der Waals surface area contributed by atoms with E-state index in [1.165, 1.54) is 36.4 Å². The Balaban J connectivity index is 2.22. The summed E-state index contributed by atoms with van der Waals surface area (Å²) >= 11 is 0.770. The Morgan fingerprint density at radius 2 is 1.81 bits per heavy atom. The van der Waals surface area contributed by atoms with Crippen LogP contribution in [0.5, 0.6) is 0 Å². The van der Waals surface area contributed by atoms with Crippen LogP contribution in [0.1, 0.15) is 10.4 Å². The quantitative estimate of drug-likeness (QED) is 0.351. The first-order chi connectivity index (χ1) is 12.6. The number of primary sulfonamides is 1. The fraction of sp³-hybridized carbons (Fsp3) is 0.0667. The zero-order valence-electron chi connectivity index (χ0n) is 13.5. The molecule has 2 rings (SSSR count). The Bertz CT molecular complexity index is 1000. The molecule has 1 amide bonds. The molecule has 0 bridgehead atoms. The zero-order chi connectivity index (χ0) is 20.2. The topological polar surface area (TPSA) is 170 Å². The number of amides is 1. The molecule has 0 heterocycles. The second-order valence-corrected chi connectivity index (χ2v) is 7.72. The smallest absolute Gasteiger partial charge is 0.313 e. The summed E-state index contributed by atoms with van der Waals surface area (Å²) in [5.74, 6) is -2.14. The highest BCUT2D eigenvalue weighted by Crippen LogP contribution is 2.30. The zero-order valence-corrected chi connectivity index (χ0v) is 15.1. The lowest BCUT2D eigenvalue weighted by atomic mass is 10.2. The summed E-state index contributed by atoms with van der Waals surface area (Å²) in [7, 11) is -3.86. The molecule has 0 saturated heterocycles. The van der Waals surface area contributed by atoms with Crippen LogP contribution in [0.3, 0.4) is 0 Å². The van der Waals surface area contributed by atoms with E-state index in [2.05, 4.69) is 5.32 Å². The van der Waals surface area contributed by atoms with E-state index in [1.807, 2.05) is 0 Å². The number of aliphatic carboxylic acids is 1. The van der Waals surface area contributed by atoms with E-state index in [-0.39, 0.29) is 26.8 Å². The average Bonchev–Trinajstić information content (AvgIpc) is 2.59. The van der Waals surface area contributed by atoms with Crippen molar-refractivity contribution in [2.75, 3.05) is 11.1 Å². The predicted octanol–water partition coefficient (Wildman–Crippen LogP) is 1.67. The lowest BCUT2D eigenvalue weighted by molar-refractivity contribution is -0.387. The van der Waals surface area contributed by atoms with E-state index in [0.29, 0.717) is 0 Å². The Labute approximate surface area is 157 Å². The number of anilines is 1. The van der Waals surface area contributed by atoms with E-state index < -0.39 is 32.5 Å². The van der Waals surface area contributed by atoms with Crippen molar-refractivity contribution in [3.8, 4) is 0 Å². The summed E-state index contributed by atoms with van der Waals surface area (Å²) in [5.41, 5.74) is -0.144. The Morgan fingerprint density at radius 3 is 2.33 bits per heavy atom. The molecule has 10 nitrogen and oxygen atoms in total. The normalized spacial score (nSPS) is 11.0. The molecule has 0 radical (unpaired) electrons. The molecule has 0 fully saturated rings. The molecule has 0 aromatic heterocycles. The van der Waals surface area contributed by atoms with E-state index in [9.17, 15) is 28.1 Å². The number of nitrogens with zero attached hydrogens (tertiary/aromatic N) is 1.